The van der Waals surface area contributed by atoms with Gasteiger partial charge in [-0.25, -0.2) is 36.8 Å². The van der Waals surface area contributed by atoms with Gasteiger partial charge in [0, 0.05) is 59.3 Å². The van der Waals surface area contributed by atoms with Crippen LogP contribution in [-0.4, -0.2) is 63.3 Å². The molecule has 0 spiro atoms. The van der Waals surface area contributed by atoms with Crippen LogP contribution in [0, 0.1) is 27.7 Å². The minimum Gasteiger partial charge on any atom is -0.427 e. The molecule has 0 atom stereocenters. The van der Waals surface area contributed by atoms with Crippen molar-refractivity contribution in [3.8, 4) is 11.4 Å². The first-order valence-electron chi connectivity index (χ1n) is 19.6. The number of ketones is 2. The van der Waals surface area contributed by atoms with Crippen LogP contribution < -0.4 is 9.44 Å². The Morgan fingerprint density at radius 2 is 1.13 bits per heavy atom. The van der Waals surface area contributed by atoms with Crippen LogP contribution in [0.4, 0.5) is 37.7 Å². The lowest BCUT2D eigenvalue weighted by Crippen LogP contribution is -2.19. The van der Waals surface area contributed by atoms with Crippen molar-refractivity contribution in [1.82, 2.24) is 29.7 Å². The van der Waals surface area contributed by atoms with E-state index in [1.807, 2.05) is 0 Å². The van der Waals surface area contributed by atoms with E-state index in [4.69, 9.17) is 23.2 Å². The first-order valence-corrected chi connectivity index (χ1v) is 23.3. The first-order chi connectivity index (χ1) is 32.2. The van der Waals surface area contributed by atoms with E-state index >= 15 is 0 Å². The highest BCUT2D eigenvalue weighted by atomic mass is 35.5. The molecule has 4 aromatic heterocycles. The van der Waals surface area contributed by atoms with Crippen LogP contribution in [0.1, 0.15) is 65.5 Å². The number of carbonyl (C=O) groups is 2. The van der Waals surface area contributed by atoms with Crippen LogP contribution in [0.5, 0.6) is 0 Å². The largest absolute Gasteiger partial charge is 0.427 e. The van der Waals surface area contributed by atoms with Gasteiger partial charge < -0.3 is 10.2 Å². The Hall–Kier alpha value is -7.08. The molecule has 2 aliphatic rings. The summed E-state index contributed by atoms with van der Waals surface area (Å²) in [5, 5.41) is 10.5. The lowest BCUT2D eigenvalue weighted by atomic mass is 9.97. The summed E-state index contributed by atoms with van der Waals surface area (Å²) in [6.45, 7) is 5.65. The highest BCUT2D eigenvalue weighted by Gasteiger charge is 2.36. The maximum absolute atomic E-state index is 13.5. The summed E-state index contributed by atoms with van der Waals surface area (Å²) in [5.41, 5.74) is -1.73. The number of rotatable bonds is 10. The van der Waals surface area contributed by atoms with Gasteiger partial charge in [0.05, 0.1) is 42.3 Å². The van der Waals surface area contributed by atoms with Gasteiger partial charge >= 0.3 is 12.4 Å². The quantitative estimate of drug-likeness (QED) is 0.0574. The number of fused-ring (bicyclic) bond motifs is 2. The molecule has 0 radical (unpaired) electrons. The molecule has 0 saturated carbocycles. The zero-order valence-electron chi connectivity index (χ0n) is 35.7. The molecule has 2 aromatic carbocycles. The van der Waals surface area contributed by atoms with E-state index in [0.717, 1.165) is 41.3 Å². The van der Waals surface area contributed by atoms with Gasteiger partial charge in [0.15, 0.2) is 5.82 Å². The number of aryl methyl sites for hydroxylation is 4. The molecule has 0 saturated heterocycles. The Kier molecular flexibility index (Phi) is 13.3. The molecule has 0 amide bonds. The fraction of sp³-hybridized carbons (Fsp3) is 0.136. The summed E-state index contributed by atoms with van der Waals surface area (Å²) in [4.78, 5) is 44.7. The van der Waals surface area contributed by atoms with E-state index in [-0.39, 0.29) is 66.4 Å². The van der Waals surface area contributed by atoms with Crippen molar-refractivity contribution in [2.45, 2.75) is 49.8 Å². The van der Waals surface area contributed by atoms with Gasteiger partial charge in [-0.15, -0.1) is 0 Å². The van der Waals surface area contributed by atoms with Crippen LogP contribution in [0.15, 0.2) is 108 Å². The third-order valence-electron chi connectivity index (χ3n) is 10.4. The summed E-state index contributed by atoms with van der Waals surface area (Å²) in [6, 6.07) is 10.6. The molecule has 358 valence electrons. The average molecular weight is 1030 g/mol. The van der Waals surface area contributed by atoms with Gasteiger partial charge in [-0.3, -0.25) is 19.0 Å². The summed E-state index contributed by atoms with van der Waals surface area (Å²) < 4.78 is 137. The average Bonchev–Trinajstić information content (AvgIpc) is 3.94. The molecule has 15 nitrogen and oxygen atoms in total. The highest BCUT2D eigenvalue weighted by molar-refractivity contribution is 7.93. The van der Waals surface area contributed by atoms with E-state index in [2.05, 4.69) is 34.4 Å². The number of anilines is 2. The molecule has 0 fully saturated rings. The number of benzene rings is 2. The van der Waals surface area contributed by atoms with Crippen LogP contribution in [-0.2, 0) is 32.4 Å². The Labute approximate surface area is 397 Å². The molecular weight excluding hydrogens is 1000 g/mol. The number of carbonyl (C=O) groups excluding carboxylic acids is 2. The minimum atomic E-state index is -4.76. The molecule has 4 N–H and O–H groups in total. The van der Waals surface area contributed by atoms with Gasteiger partial charge in [0.1, 0.15) is 17.0 Å². The van der Waals surface area contributed by atoms with E-state index in [9.17, 15) is 58.0 Å². The zero-order valence-corrected chi connectivity index (χ0v) is 38.9. The monoisotopic (exact) mass is 1030 g/mol. The maximum Gasteiger partial charge on any atom is 0.416 e. The number of aromatic amines is 1. The Balaban J connectivity index is 0.000000204. The Morgan fingerprint density at radius 1 is 0.638 bits per heavy atom. The normalized spacial score (nSPS) is 12.2. The minimum absolute atomic E-state index is 0.0164. The van der Waals surface area contributed by atoms with Crippen molar-refractivity contribution in [1.29, 1.82) is 0 Å². The second kappa shape index (κ2) is 18.4. The summed E-state index contributed by atoms with van der Waals surface area (Å²) in [6.07, 6.45) is -1.48. The second-order valence-corrected chi connectivity index (χ2v) is 19.4. The number of hydrogen-bond donors (Lipinski definition) is 4. The predicted molar refractivity (Wildman–Crippen MR) is 241 cm³/mol. The molecule has 6 heterocycles. The molecule has 6 aromatic rings. The van der Waals surface area contributed by atoms with E-state index in [1.54, 1.807) is 26.1 Å². The Bertz CT molecular complexity index is 3570. The first kappa shape index (κ1) is 49.8. The van der Waals surface area contributed by atoms with Gasteiger partial charge in [-0.1, -0.05) is 35.3 Å². The van der Waals surface area contributed by atoms with Gasteiger partial charge in [0.2, 0.25) is 11.6 Å². The standard InChI is InChI=1S/C22H16ClF3N4O4S.C22H16ClF3N4O3S/c1-11-3-4-14(8-16(11)22(24,25)26)35(33,34)29-17-7-13(23)9-28-19(17)20(31)18-12(2)10-30(32)21-15(18)5-6-27-21;1-11-3-4-14(8-16(11)22(24,25)26)34(32,33)30-17-7-13(23)10-28-19(17)20(31)18-12(2)9-29-21-15(18)5-6-27-21/h3-10,29,32H,1-2H3;3-10,30H,1-2H3,(H,27,29). The van der Waals surface area contributed by atoms with E-state index < -0.39 is 64.9 Å². The lowest BCUT2D eigenvalue weighted by Gasteiger charge is -2.16. The third kappa shape index (κ3) is 10.2. The summed E-state index contributed by atoms with van der Waals surface area (Å²) in [5.74, 6) is -1.23. The predicted octanol–water partition coefficient (Wildman–Crippen LogP) is 10.2. The van der Waals surface area contributed by atoms with Crippen molar-refractivity contribution < 1.29 is 58.0 Å². The lowest BCUT2D eigenvalue weighted by molar-refractivity contribution is -0.139. The smallest absolute Gasteiger partial charge is 0.416 e. The SMILES string of the molecule is Cc1ccc(S(=O)(=O)Nc2cc(Cl)cnc2C(=O)c2c(C)cn(O)c3nccc2-3)cc1C(F)(F)F.Cc1ccc(S(=O)(=O)Nc2cc(Cl)cnc2C(=O)c2c(C)cnc3[nH]ccc23)cc1C(F)(F)F. The number of sulfonamides is 2. The number of alkyl halides is 6. The number of hydrogen-bond acceptors (Lipinski definition) is 11. The Morgan fingerprint density at radius 3 is 1.62 bits per heavy atom. The second-order valence-electron chi connectivity index (χ2n) is 15.2. The van der Waals surface area contributed by atoms with E-state index in [1.165, 1.54) is 50.8 Å². The number of nitrogens with zero attached hydrogens (tertiary/aromatic N) is 5. The summed E-state index contributed by atoms with van der Waals surface area (Å²) >= 11 is 12.0. The van der Waals surface area contributed by atoms with Gasteiger partial charge in [-0.05, 0) is 98.5 Å². The third-order valence-corrected chi connectivity index (χ3v) is 13.5. The fourth-order valence-electron chi connectivity index (χ4n) is 7.12. The molecule has 0 aliphatic carbocycles. The number of pyridine rings is 4. The molecule has 2 aliphatic heterocycles. The molecule has 69 heavy (non-hydrogen) atoms. The molecular formula is C44H32Cl2F6N8O7S2. The highest BCUT2D eigenvalue weighted by Crippen LogP contribution is 2.37. The topological polar surface area (TPSA) is 219 Å². The van der Waals surface area contributed by atoms with Gasteiger partial charge in [0.25, 0.3) is 20.0 Å². The fourth-order valence-corrected chi connectivity index (χ4v) is 9.61. The molecule has 25 heteroatoms. The van der Waals surface area contributed by atoms with Crippen molar-refractivity contribution >= 4 is 77.2 Å². The van der Waals surface area contributed by atoms with Crippen molar-refractivity contribution in [3.63, 3.8) is 0 Å². The van der Waals surface area contributed by atoms with Crippen molar-refractivity contribution in [2.24, 2.45) is 0 Å². The summed E-state index contributed by atoms with van der Waals surface area (Å²) in [7, 11) is -9.10. The van der Waals surface area contributed by atoms with Crippen LogP contribution in [0.25, 0.3) is 22.4 Å². The number of H-pyrrole nitrogens is 1. The zero-order chi connectivity index (χ0) is 50.5. The maximum atomic E-state index is 13.5. The van der Waals surface area contributed by atoms with Crippen molar-refractivity contribution in [3.05, 3.63) is 164 Å². The molecule has 0 unspecified atom stereocenters. The van der Waals surface area contributed by atoms with E-state index in [0.29, 0.717) is 34.3 Å². The van der Waals surface area contributed by atoms with Crippen molar-refractivity contribution in [2.75, 3.05) is 9.44 Å². The van der Waals surface area contributed by atoms with Crippen LogP contribution >= 0.6 is 23.2 Å². The number of aromatic nitrogens is 6. The molecule has 8 rings (SSSR count). The number of nitrogens with one attached hydrogen (secondary N) is 3. The van der Waals surface area contributed by atoms with Gasteiger partial charge in [-0.2, -0.15) is 31.1 Å². The van der Waals surface area contributed by atoms with Crippen LogP contribution in [0.3, 0.4) is 0 Å². The van der Waals surface area contributed by atoms with Crippen LogP contribution in [0.2, 0.25) is 10.0 Å². The molecule has 0 bridgehead atoms. The number of halogens is 8.